The molecular formula is C25H32O5. The molecule has 0 bridgehead atoms. The molecule has 2 fully saturated rings. The number of carbonyl (C=O) groups excluding carboxylic acids is 2. The number of rotatable bonds is 6. The van der Waals surface area contributed by atoms with Gasteiger partial charge in [-0.3, -0.25) is 9.59 Å². The zero-order valence-corrected chi connectivity index (χ0v) is 18.8. The minimum Gasteiger partial charge on any atom is -0.461 e. The number of esters is 2. The summed E-state index contributed by atoms with van der Waals surface area (Å²) in [5.74, 6) is 12.4. The Labute approximate surface area is 179 Å². The number of carbonyl (C=O) groups is 2. The molecule has 4 aliphatic carbocycles. The molecule has 0 spiro atoms. The highest BCUT2D eigenvalue weighted by Crippen LogP contribution is 2.73. The van der Waals surface area contributed by atoms with E-state index in [2.05, 4.69) is 37.5 Å². The van der Waals surface area contributed by atoms with E-state index >= 15 is 0 Å². The van der Waals surface area contributed by atoms with Gasteiger partial charge in [0, 0.05) is 23.7 Å². The summed E-state index contributed by atoms with van der Waals surface area (Å²) in [6, 6.07) is 0. The standard InChI is InChI=1S/C25H32O5/c1-15-7-9-18-22(3,4)24(18,11-15)20(27)29-14-17(13-26)30-21(28)25-12-16(2)8-10-19(25)23(25,5)6/h15-19,26H,11-14H2,1-6H3. The maximum atomic E-state index is 13.1. The largest absolute Gasteiger partial charge is 0.461 e. The number of aliphatic hydroxyl groups excluding tert-OH is 1. The average Bonchev–Trinajstić information content (AvgIpc) is 3.40. The molecule has 0 amide bonds. The van der Waals surface area contributed by atoms with Gasteiger partial charge < -0.3 is 14.6 Å². The SMILES string of the molecule is CC1C#CC2C(C)(C)C2(C(=O)OCC(CO)OC(=O)C23CC(C)C#CC2C3(C)C)C1. The summed E-state index contributed by atoms with van der Waals surface area (Å²) in [5, 5.41) is 9.78. The van der Waals surface area contributed by atoms with Gasteiger partial charge in [0.2, 0.25) is 0 Å². The lowest BCUT2D eigenvalue weighted by Gasteiger charge is -2.26. The van der Waals surface area contributed by atoms with Gasteiger partial charge in [-0.25, -0.2) is 0 Å². The molecule has 2 saturated carbocycles. The van der Waals surface area contributed by atoms with Crippen molar-refractivity contribution in [3.8, 4) is 23.7 Å². The second-order valence-corrected chi connectivity index (χ2v) is 10.8. The highest BCUT2D eigenvalue weighted by Gasteiger charge is 2.78. The summed E-state index contributed by atoms with van der Waals surface area (Å²) in [5.41, 5.74) is -1.71. The van der Waals surface area contributed by atoms with Crippen LogP contribution < -0.4 is 0 Å². The van der Waals surface area contributed by atoms with E-state index < -0.39 is 23.5 Å². The van der Waals surface area contributed by atoms with Crippen molar-refractivity contribution in [2.75, 3.05) is 13.2 Å². The van der Waals surface area contributed by atoms with Crippen molar-refractivity contribution in [3.05, 3.63) is 0 Å². The molecule has 0 aliphatic heterocycles. The molecule has 30 heavy (non-hydrogen) atoms. The summed E-state index contributed by atoms with van der Waals surface area (Å²) in [4.78, 5) is 26.1. The van der Waals surface area contributed by atoms with Crippen LogP contribution in [0.1, 0.15) is 54.4 Å². The average molecular weight is 413 g/mol. The van der Waals surface area contributed by atoms with Crippen LogP contribution in [-0.4, -0.2) is 36.4 Å². The third-order valence-electron chi connectivity index (χ3n) is 8.37. The molecule has 0 aromatic rings. The van der Waals surface area contributed by atoms with Crippen molar-refractivity contribution < 1.29 is 24.2 Å². The molecule has 5 heteroatoms. The fourth-order valence-corrected chi connectivity index (χ4v) is 6.20. The molecule has 162 valence electrons. The monoisotopic (exact) mass is 412 g/mol. The number of hydrogen-bond acceptors (Lipinski definition) is 5. The van der Waals surface area contributed by atoms with Crippen LogP contribution in [0.3, 0.4) is 0 Å². The van der Waals surface area contributed by atoms with Crippen LogP contribution in [-0.2, 0) is 19.1 Å². The van der Waals surface area contributed by atoms with E-state index in [9.17, 15) is 14.7 Å². The van der Waals surface area contributed by atoms with Crippen LogP contribution >= 0.6 is 0 Å². The third-order valence-corrected chi connectivity index (χ3v) is 8.37. The summed E-state index contributed by atoms with van der Waals surface area (Å²) < 4.78 is 11.3. The van der Waals surface area contributed by atoms with E-state index in [0.717, 1.165) is 0 Å². The molecule has 7 unspecified atom stereocenters. The molecule has 7 atom stereocenters. The van der Waals surface area contributed by atoms with Crippen molar-refractivity contribution in [3.63, 3.8) is 0 Å². The van der Waals surface area contributed by atoms with Crippen LogP contribution in [0.5, 0.6) is 0 Å². The Hall–Kier alpha value is -1.98. The number of ether oxygens (including phenoxy) is 2. The van der Waals surface area contributed by atoms with E-state index in [-0.39, 0.29) is 53.0 Å². The maximum Gasteiger partial charge on any atom is 0.314 e. The first kappa shape index (κ1) is 21.3. The highest BCUT2D eigenvalue weighted by molar-refractivity contribution is 5.85. The predicted molar refractivity (Wildman–Crippen MR) is 110 cm³/mol. The molecule has 0 aromatic carbocycles. The fraction of sp³-hybridized carbons (Fsp3) is 0.760. The zero-order chi connectivity index (χ0) is 22.1. The van der Waals surface area contributed by atoms with E-state index in [4.69, 9.17) is 9.47 Å². The summed E-state index contributed by atoms with van der Waals surface area (Å²) in [7, 11) is 0. The second kappa shape index (κ2) is 6.51. The van der Waals surface area contributed by atoms with Gasteiger partial charge in [0.25, 0.3) is 0 Å². The van der Waals surface area contributed by atoms with Crippen LogP contribution in [0, 0.1) is 69.0 Å². The van der Waals surface area contributed by atoms with E-state index in [0.29, 0.717) is 12.8 Å². The lowest BCUT2D eigenvalue weighted by molar-refractivity contribution is -0.171. The van der Waals surface area contributed by atoms with Gasteiger partial charge in [-0.05, 0) is 23.7 Å². The van der Waals surface area contributed by atoms with Gasteiger partial charge in [-0.2, -0.15) is 0 Å². The van der Waals surface area contributed by atoms with Gasteiger partial charge in [0.05, 0.1) is 17.4 Å². The van der Waals surface area contributed by atoms with Gasteiger partial charge in [0.15, 0.2) is 6.10 Å². The summed E-state index contributed by atoms with van der Waals surface area (Å²) in [6.45, 7) is 11.7. The number of aliphatic hydroxyl groups is 1. The van der Waals surface area contributed by atoms with Crippen LogP contribution in [0.4, 0.5) is 0 Å². The van der Waals surface area contributed by atoms with Gasteiger partial charge >= 0.3 is 11.9 Å². The molecular weight excluding hydrogens is 380 g/mol. The van der Waals surface area contributed by atoms with Gasteiger partial charge in [-0.1, -0.05) is 65.2 Å². The Morgan fingerprint density at radius 2 is 1.37 bits per heavy atom. The number of fused-ring (bicyclic) bond motifs is 2. The second-order valence-electron chi connectivity index (χ2n) is 10.8. The van der Waals surface area contributed by atoms with Crippen LogP contribution in [0.15, 0.2) is 0 Å². The zero-order valence-electron chi connectivity index (χ0n) is 18.8. The minimum absolute atomic E-state index is 0.00182. The van der Waals surface area contributed by atoms with Crippen molar-refractivity contribution in [1.82, 2.24) is 0 Å². The van der Waals surface area contributed by atoms with Gasteiger partial charge in [0.1, 0.15) is 6.61 Å². The van der Waals surface area contributed by atoms with Crippen LogP contribution in [0.25, 0.3) is 0 Å². The molecule has 0 aromatic heterocycles. The first-order chi connectivity index (χ1) is 13.9. The molecule has 4 aliphatic rings. The Kier molecular flexibility index (Phi) is 4.61. The van der Waals surface area contributed by atoms with Gasteiger partial charge in [-0.15, -0.1) is 0 Å². The third kappa shape index (κ3) is 2.61. The van der Waals surface area contributed by atoms with E-state index in [1.165, 1.54) is 0 Å². The van der Waals surface area contributed by atoms with Crippen molar-refractivity contribution in [1.29, 1.82) is 0 Å². The smallest absolute Gasteiger partial charge is 0.314 e. The molecule has 0 heterocycles. The van der Waals surface area contributed by atoms with Crippen molar-refractivity contribution in [2.24, 2.45) is 45.3 Å². The lowest BCUT2D eigenvalue weighted by Crippen LogP contribution is -2.37. The fourth-order valence-electron chi connectivity index (χ4n) is 6.20. The highest BCUT2D eigenvalue weighted by atomic mass is 16.6. The molecule has 0 radical (unpaired) electrons. The molecule has 0 saturated heterocycles. The topological polar surface area (TPSA) is 72.8 Å². The van der Waals surface area contributed by atoms with Crippen LogP contribution in [0.2, 0.25) is 0 Å². The predicted octanol–water partition coefficient (Wildman–Crippen LogP) is 2.80. The Balaban J connectivity index is 1.40. The Morgan fingerprint density at radius 1 is 0.900 bits per heavy atom. The normalized spacial score (nSPS) is 41.4. The van der Waals surface area contributed by atoms with E-state index in [1.807, 2.05) is 27.7 Å². The quantitative estimate of drug-likeness (QED) is 0.537. The Morgan fingerprint density at radius 3 is 1.83 bits per heavy atom. The first-order valence-electron chi connectivity index (χ1n) is 11.0. The maximum absolute atomic E-state index is 13.1. The molecule has 5 nitrogen and oxygen atoms in total. The first-order valence-corrected chi connectivity index (χ1v) is 11.0. The van der Waals surface area contributed by atoms with Crippen molar-refractivity contribution >= 4 is 11.9 Å². The molecule has 4 rings (SSSR count). The molecule has 1 N–H and O–H groups in total. The Bertz CT molecular complexity index is 909. The summed E-state index contributed by atoms with van der Waals surface area (Å²) >= 11 is 0. The van der Waals surface area contributed by atoms with Crippen molar-refractivity contribution in [2.45, 2.75) is 60.5 Å². The minimum atomic E-state index is -0.873. The number of hydrogen-bond donors (Lipinski definition) is 1. The lowest BCUT2D eigenvalue weighted by atomic mass is 9.84. The summed E-state index contributed by atoms with van der Waals surface area (Å²) in [6.07, 6.45) is 0.460. The van der Waals surface area contributed by atoms with E-state index in [1.54, 1.807) is 0 Å².